The minimum Gasteiger partial charge on any atom is -0.389 e. The first-order valence-electron chi connectivity index (χ1n) is 5.51. The van der Waals surface area contributed by atoms with E-state index in [0.717, 1.165) is 11.1 Å². The zero-order valence-corrected chi connectivity index (χ0v) is 12.4. The van der Waals surface area contributed by atoms with Gasteiger partial charge in [0.1, 0.15) is 4.99 Å². The normalized spacial score (nSPS) is 12.4. The van der Waals surface area contributed by atoms with Crippen LogP contribution in [0, 0.1) is 0 Å². The van der Waals surface area contributed by atoms with E-state index in [1.165, 1.54) is 0 Å². The van der Waals surface area contributed by atoms with Crippen molar-refractivity contribution in [1.29, 1.82) is 0 Å². The molecule has 0 heterocycles. The molecule has 0 amide bonds. The lowest BCUT2D eigenvalue weighted by molar-refractivity contribution is 0.544. The van der Waals surface area contributed by atoms with Crippen molar-refractivity contribution >= 4 is 27.2 Å². The number of rotatable bonds is 4. The SMILES string of the molecule is CC(C)(C)S(=O)(=O)NCc1ccc(C(N)=S)cc1. The van der Waals surface area contributed by atoms with Crippen LogP contribution in [0.2, 0.25) is 0 Å². The number of nitrogens with one attached hydrogen (secondary N) is 1. The molecular formula is C12H18N2O2S2. The molecule has 0 aromatic heterocycles. The summed E-state index contributed by atoms with van der Waals surface area (Å²) in [5.74, 6) is 0. The maximum Gasteiger partial charge on any atom is 0.216 e. The van der Waals surface area contributed by atoms with E-state index in [0.29, 0.717) is 4.99 Å². The predicted octanol–water partition coefficient (Wildman–Crippen LogP) is 1.54. The van der Waals surface area contributed by atoms with Crippen LogP contribution in [0.15, 0.2) is 24.3 Å². The van der Waals surface area contributed by atoms with Crippen LogP contribution in [0.25, 0.3) is 0 Å². The number of benzene rings is 1. The third kappa shape index (κ3) is 3.76. The van der Waals surface area contributed by atoms with Crippen molar-refractivity contribution in [2.45, 2.75) is 32.1 Å². The molecule has 1 aromatic rings. The highest BCUT2D eigenvalue weighted by Gasteiger charge is 2.28. The quantitative estimate of drug-likeness (QED) is 0.824. The largest absolute Gasteiger partial charge is 0.389 e. The third-order valence-electron chi connectivity index (χ3n) is 2.51. The highest BCUT2D eigenvalue weighted by atomic mass is 32.2. The summed E-state index contributed by atoms with van der Waals surface area (Å²) < 4.78 is 25.5. The summed E-state index contributed by atoms with van der Waals surface area (Å²) in [6.07, 6.45) is 0. The molecule has 4 nitrogen and oxygen atoms in total. The van der Waals surface area contributed by atoms with E-state index in [9.17, 15) is 8.42 Å². The van der Waals surface area contributed by atoms with Gasteiger partial charge in [-0.2, -0.15) is 0 Å². The van der Waals surface area contributed by atoms with Gasteiger partial charge in [-0.1, -0.05) is 36.5 Å². The fourth-order valence-electron chi connectivity index (χ4n) is 1.18. The third-order valence-corrected chi connectivity index (χ3v) is 4.88. The highest BCUT2D eigenvalue weighted by molar-refractivity contribution is 7.90. The number of hydrogen-bond donors (Lipinski definition) is 2. The van der Waals surface area contributed by atoms with E-state index in [-0.39, 0.29) is 6.54 Å². The van der Waals surface area contributed by atoms with Gasteiger partial charge in [0.05, 0.1) is 4.75 Å². The van der Waals surface area contributed by atoms with Gasteiger partial charge in [-0.3, -0.25) is 0 Å². The average molecular weight is 286 g/mol. The summed E-state index contributed by atoms with van der Waals surface area (Å²) in [4.78, 5) is 0.330. The second-order valence-electron chi connectivity index (χ2n) is 5.00. The minimum atomic E-state index is -3.32. The number of thiocarbonyl (C=S) groups is 1. The van der Waals surface area contributed by atoms with Crippen molar-refractivity contribution in [3.8, 4) is 0 Å². The molecule has 0 unspecified atom stereocenters. The predicted molar refractivity (Wildman–Crippen MR) is 77.8 cm³/mol. The molecule has 0 radical (unpaired) electrons. The Balaban J connectivity index is 2.74. The van der Waals surface area contributed by atoms with Crippen LogP contribution in [0.4, 0.5) is 0 Å². The van der Waals surface area contributed by atoms with Gasteiger partial charge in [0.25, 0.3) is 0 Å². The molecule has 0 aliphatic carbocycles. The van der Waals surface area contributed by atoms with E-state index in [2.05, 4.69) is 4.72 Å². The van der Waals surface area contributed by atoms with Crippen molar-refractivity contribution < 1.29 is 8.42 Å². The van der Waals surface area contributed by atoms with Crippen molar-refractivity contribution in [1.82, 2.24) is 4.72 Å². The fraction of sp³-hybridized carbons (Fsp3) is 0.417. The molecule has 100 valence electrons. The maximum atomic E-state index is 11.8. The Morgan fingerprint density at radius 3 is 2.17 bits per heavy atom. The van der Waals surface area contributed by atoms with Crippen LogP contribution < -0.4 is 10.5 Å². The van der Waals surface area contributed by atoms with Crippen molar-refractivity contribution in [3.05, 3.63) is 35.4 Å². The van der Waals surface area contributed by atoms with Crippen LogP contribution in [0.1, 0.15) is 31.9 Å². The molecule has 0 atom stereocenters. The zero-order chi connectivity index (χ0) is 14.0. The monoisotopic (exact) mass is 286 g/mol. The standard InChI is InChI=1S/C12H18N2O2S2/c1-12(2,3)18(15,16)14-8-9-4-6-10(7-5-9)11(13)17/h4-7,14H,8H2,1-3H3,(H2,13,17). The molecule has 18 heavy (non-hydrogen) atoms. The Bertz CT molecular complexity index is 528. The Hall–Kier alpha value is -0.980. The van der Waals surface area contributed by atoms with Crippen molar-refractivity contribution in [3.63, 3.8) is 0 Å². The summed E-state index contributed by atoms with van der Waals surface area (Å²) in [5, 5.41) is 0. The van der Waals surface area contributed by atoms with E-state index in [4.69, 9.17) is 18.0 Å². The Morgan fingerprint density at radius 1 is 1.28 bits per heavy atom. The Kier molecular flexibility index (Phi) is 4.47. The first-order valence-corrected chi connectivity index (χ1v) is 7.40. The molecule has 3 N–H and O–H groups in total. The van der Waals surface area contributed by atoms with Gasteiger partial charge >= 0.3 is 0 Å². The topological polar surface area (TPSA) is 72.2 Å². The van der Waals surface area contributed by atoms with Crippen LogP contribution in [-0.2, 0) is 16.6 Å². The minimum absolute atomic E-state index is 0.261. The van der Waals surface area contributed by atoms with Crippen LogP contribution >= 0.6 is 12.2 Å². The lowest BCUT2D eigenvalue weighted by Crippen LogP contribution is -2.38. The second kappa shape index (κ2) is 5.34. The van der Waals surface area contributed by atoms with Crippen molar-refractivity contribution in [2.75, 3.05) is 0 Å². The lowest BCUT2D eigenvalue weighted by atomic mass is 10.1. The number of sulfonamides is 1. The average Bonchev–Trinajstić information content (AvgIpc) is 2.25. The molecule has 0 bridgehead atoms. The first-order chi connectivity index (χ1) is 8.13. The highest BCUT2D eigenvalue weighted by Crippen LogP contribution is 2.14. The molecule has 0 aliphatic rings. The molecule has 0 fully saturated rings. The molecule has 0 saturated heterocycles. The van der Waals surface area contributed by atoms with E-state index in [1.807, 2.05) is 0 Å². The Morgan fingerprint density at radius 2 is 1.78 bits per heavy atom. The van der Waals surface area contributed by atoms with Crippen molar-refractivity contribution in [2.24, 2.45) is 5.73 Å². The fourth-order valence-corrected chi connectivity index (χ4v) is 2.11. The van der Waals surface area contributed by atoms with Gasteiger partial charge < -0.3 is 5.73 Å². The van der Waals surface area contributed by atoms with Crippen LogP contribution in [0.3, 0.4) is 0 Å². The summed E-state index contributed by atoms with van der Waals surface area (Å²) >= 11 is 4.84. The summed E-state index contributed by atoms with van der Waals surface area (Å²) in [5.41, 5.74) is 7.12. The summed E-state index contributed by atoms with van der Waals surface area (Å²) in [7, 11) is -3.32. The summed E-state index contributed by atoms with van der Waals surface area (Å²) in [6, 6.07) is 7.17. The van der Waals surface area contributed by atoms with E-state index >= 15 is 0 Å². The van der Waals surface area contributed by atoms with Gasteiger partial charge in [-0.15, -0.1) is 0 Å². The van der Waals surface area contributed by atoms with Gasteiger partial charge in [-0.05, 0) is 26.3 Å². The smallest absolute Gasteiger partial charge is 0.216 e. The molecule has 6 heteroatoms. The molecule has 0 aliphatic heterocycles. The second-order valence-corrected chi connectivity index (χ2v) is 7.96. The first kappa shape index (κ1) is 15.1. The van der Waals surface area contributed by atoms with Gasteiger partial charge in [-0.25, -0.2) is 13.1 Å². The van der Waals surface area contributed by atoms with E-state index < -0.39 is 14.8 Å². The lowest BCUT2D eigenvalue weighted by Gasteiger charge is -2.19. The van der Waals surface area contributed by atoms with Gasteiger partial charge in [0.2, 0.25) is 10.0 Å². The summed E-state index contributed by atoms with van der Waals surface area (Å²) in [6.45, 7) is 5.24. The zero-order valence-electron chi connectivity index (χ0n) is 10.7. The molecule has 0 saturated carbocycles. The molecular weight excluding hydrogens is 268 g/mol. The number of nitrogens with two attached hydrogens (primary N) is 1. The Labute approximate surface area is 114 Å². The van der Waals surface area contributed by atoms with E-state index in [1.54, 1.807) is 45.0 Å². The van der Waals surface area contributed by atoms with Crippen LogP contribution in [-0.4, -0.2) is 18.2 Å². The molecule has 1 aromatic carbocycles. The molecule has 1 rings (SSSR count). The van der Waals surface area contributed by atoms with Crippen LogP contribution in [0.5, 0.6) is 0 Å². The van der Waals surface area contributed by atoms with Gasteiger partial charge in [0, 0.05) is 12.1 Å². The maximum absolute atomic E-state index is 11.8. The van der Waals surface area contributed by atoms with Gasteiger partial charge in [0.15, 0.2) is 0 Å². The molecule has 0 spiro atoms. The number of hydrogen-bond acceptors (Lipinski definition) is 3.